The van der Waals surface area contributed by atoms with Crippen LogP contribution in [0.25, 0.3) is 0 Å². The number of hydrogen-bond donors (Lipinski definition) is 1. The van der Waals surface area contributed by atoms with Crippen molar-refractivity contribution in [1.82, 2.24) is 9.88 Å². The van der Waals surface area contributed by atoms with Gasteiger partial charge in [-0.3, -0.25) is 9.69 Å². The predicted molar refractivity (Wildman–Crippen MR) is 109 cm³/mol. The van der Waals surface area contributed by atoms with E-state index in [1.807, 2.05) is 17.0 Å². The van der Waals surface area contributed by atoms with E-state index in [9.17, 15) is 22.0 Å². The van der Waals surface area contributed by atoms with Gasteiger partial charge in [-0.05, 0) is 52.3 Å². The van der Waals surface area contributed by atoms with Crippen molar-refractivity contribution in [3.63, 3.8) is 0 Å². The standard InChI is InChI=1S/C18H19BrF2N4O3S/c19-13-1-6-16(22-11-13)25-9-7-24(8-10-25)12-17(26)23-14-2-4-15(5-3-14)29(27,28)18(20)21/h1-6,11,18H,7-10,12H2,(H,23,26). The number of anilines is 2. The number of nitrogens with zero attached hydrogens (tertiary/aromatic N) is 3. The van der Waals surface area contributed by atoms with Crippen LogP contribution in [0.15, 0.2) is 52.0 Å². The second-order valence-corrected chi connectivity index (χ2v) is 9.31. The van der Waals surface area contributed by atoms with Gasteiger partial charge in [-0.25, -0.2) is 13.4 Å². The Kier molecular flexibility index (Phi) is 6.81. The van der Waals surface area contributed by atoms with Gasteiger partial charge in [0.05, 0.1) is 11.4 Å². The van der Waals surface area contributed by atoms with Gasteiger partial charge >= 0.3 is 5.76 Å². The molecule has 1 amide bonds. The van der Waals surface area contributed by atoms with Gasteiger partial charge in [0.2, 0.25) is 15.7 Å². The van der Waals surface area contributed by atoms with Crippen molar-refractivity contribution in [3.05, 3.63) is 47.1 Å². The second-order valence-electron chi connectivity index (χ2n) is 6.48. The third-order valence-electron chi connectivity index (χ3n) is 4.48. The zero-order chi connectivity index (χ0) is 21.0. The summed E-state index contributed by atoms with van der Waals surface area (Å²) in [7, 11) is -4.64. The van der Waals surface area contributed by atoms with Gasteiger partial charge in [0.15, 0.2) is 0 Å². The number of carbonyl (C=O) groups excluding carboxylic acids is 1. The van der Waals surface area contributed by atoms with E-state index in [1.165, 1.54) is 12.1 Å². The number of sulfone groups is 1. The van der Waals surface area contributed by atoms with Crippen molar-refractivity contribution in [2.24, 2.45) is 0 Å². The lowest BCUT2D eigenvalue weighted by Gasteiger charge is -2.35. The van der Waals surface area contributed by atoms with Gasteiger partial charge in [-0.1, -0.05) is 0 Å². The molecule has 0 saturated carbocycles. The van der Waals surface area contributed by atoms with E-state index in [1.54, 1.807) is 6.20 Å². The summed E-state index contributed by atoms with van der Waals surface area (Å²) in [6.07, 6.45) is 1.74. The highest BCUT2D eigenvalue weighted by molar-refractivity contribution is 9.10. The zero-order valence-electron chi connectivity index (χ0n) is 15.3. The third-order valence-corrected chi connectivity index (χ3v) is 6.34. The molecule has 11 heteroatoms. The van der Waals surface area contributed by atoms with Crippen LogP contribution in [0.5, 0.6) is 0 Å². The molecule has 7 nitrogen and oxygen atoms in total. The average Bonchev–Trinajstić information content (AvgIpc) is 2.69. The summed E-state index contributed by atoms with van der Waals surface area (Å²) in [5.41, 5.74) is 0.348. The number of piperazine rings is 1. The number of carbonyl (C=O) groups is 1. The summed E-state index contributed by atoms with van der Waals surface area (Å²) in [5.74, 6) is -2.85. The normalized spacial score (nSPS) is 15.5. The molecule has 1 fully saturated rings. The first kappa shape index (κ1) is 21.6. The molecular weight excluding hydrogens is 470 g/mol. The summed E-state index contributed by atoms with van der Waals surface area (Å²) in [4.78, 5) is 20.3. The first-order chi connectivity index (χ1) is 13.8. The van der Waals surface area contributed by atoms with Gasteiger partial charge in [0.25, 0.3) is 0 Å². The summed E-state index contributed by atoms with van der Waals surface area (Å²) in [6, 6.07) is 8.57. The van der Waals surface area contributed by atoms with Crippen LogP contribution in [-0.4, -0.2) is 62.7 Å². The molecule has 1 saturated heterocycles. The molecule has 0 aliphatic carbocycles. The minimum Gasteiger partial charge on any atom is -0.354 e. The van der Waals surface area contributed by atoms with E-state index < -0.39 is 20.5 Å². The molecular formula is C18H19BrF2N4O3S. The Bertz CT molecular complexity index is 948. The first-order valence-corrected chi connectivity index (χ1v) is 11.1. The first-order valence-electron chi connectivity index (χ1n) is 8.76. The van der Waals surface area contributed by atoms with Gasteiger partial charge < -0.3 is 10.2 Å². The van der Waals surface area contributed by atoms with Crippen molar-refractivity contribution in [2.45, 2.75) is 10.7 Å². The zero-order valence-corrected chi connectivity index (χ0v) is 17.7. The van der Waals surface area contributed by atoms with Crippen molar-refractivity contribution >= 4 is 43.2 Å². The molecule has 0 radical (unpaired) electrons. The van der Waals surface area contributed by atoms with Crippen molar-refractivity contribution < 1.29 is 22.0 Å². The lowest BCUT2D eigenvalue weighted by molar-refractivity contribution is -0.117. The number of halogens is 3. The van der Waals surface area contributed by atoms with E-state index >= 15 is 0 Å². The van der Waals surface area contributed by atoms with Gasteiger partial charge in [-0.15, -0.1) is 0 Å². The van der Waals surface area contributed by atoms with Crippen LogP contribution in [0.3, 0.4) is 0 Å². The lowest BCUT2D eigenvalue weighted by Crippen LogP contribution is -2.48. The fourth-order valence-corrected chi connectivity index (χ4v) is 3.88. The van der Waals surface area contributed by atoms with E-state index in [-0.39, 0.29) is 12.5 Å². The Morgan fingerprint density at radius 1 is 1.10 bits per heavy atom. The van der Waals surface area contributed by atoms with Gasteiger partial charge in [0.1, 0.15) is 5.82 Å². The molecule has 156 valence electrons. The van der Waals surface area contributed by atoms with Crippen LogP contribution < -0.4 is 10.2 Å². The van der Waals surface area contributed by atoms with Crippen LogP contribution in [0, 0.1) is 0 Å². The Morgan fingerprint density at radius 2 is 1.76 bits per heavy atom. The summed E-state index contributed by atoms with van der Waals surface area (Å²) < 4.78 is 48.9. The SMILES string of the molecule is O=C(CN1CCN(c2ccc(Br)cn2)CC1)Nc1ccc(S(=O)(=O)C(F)F)cc1. The number of benzene rings is 1. The minimum atomic E-state index is -4.64. The summed E-state index contributed by atoms with van der Waals surface area (Å²) in [5, 5.41) is 2.65. The second kappa shape index (κ2) is 9.14. The number of hydrogen-bond acceptors (Lipinski definition) is 6. The monoisotopic (exact) mass is 488 g/mol. The molecule has 2 heterocycles. The molecule has 1 aromatic carbocycles. The topological polar surface area (TPSA) is 82.6 Å². The molecule has 1 N–H and O–H groups in total. The quantitative estimate of drug-likeness (QED) is 0.672. The van der Waals surface area contributed by atoms with Crippen LogP contribution in [-0.2, 0) is 14.6 Å². The van der Waals surface area contributed by atoms with Crippen LogP contribution in [0.2, 0.25) is 0 Å². The van der Waals surface area contributed by atoms with E-state index in [4.69, 9.17) is 0 Å². The maximum atomic E-state index is 12.6. The highest BCUT2D eigenvalue weighted by Gasteiger charge is 2.26. The number of alkyl halides is 2. The molecule has 29 heavy (non-hydrogen) atoms. The Balaban J connectivity index is 1.49. The van der Waals surface area contributed by atoms with Gasteiger partial charge in [-0.2, -0.15) is 8.78 Å². The molecule has 0 bridgehead atoms. The maximum absolute atomic E-state index is 12.6. The van der Waals surface area contributed by atoms with Crippen LogP contribution >= 0.6 is 15.9 Å². The summed E-state index contributed by atoms with van der Waals surface area (Å²) >= 11 is 3.36. The molecule has 0 unspecified atom stereocenters. The number of pyridine rings is 1. The van der Waals surface area contributed by atoms with Crippen molar-refractivity contribution in [1.29, 1.82) is 0 Å². The van der Waals surface area contributed by atoms with E-state index in [0.717, 1.165) is 35.5 Å². The number of rotatable bonds is 6. The molecule has 1 aliphatic rings. The van der Waals surface area contributed by atoms with Crippen molar-refractivity contribution in [3.8, 4) is 0 Å². The highest BCUT2D eigenvalue weighted by atomic mass is 79.9. The molecule has 1 aliphatic heterocycles. The molecule has 0 atom stereocenters. The summed E-state index contributed by atoms with van der Waals surface area (Å²) in [6.45, 7) is 3.04. The lowest BCUT2D eigenvalue weighted by atomic mass is 10.3. The Labute approximate surface area is 175 Å². The van der Waals surface area contributed by atoms with Crippen LogP contribution in [0.4, 0.5) is 20.3 Å². The fourth-order valence-electron chi connectivity index (χ4n) is 2.92. The number of aromatic nitrogens is 1. The van der Waals surface area contributed by atoms with Crippen LogP contribution in [0.1, 0.15) is 0 Å². The predicted octanol–water partition coefficient (Wildman–Crippen LogP) is 2.60. The molecule has 0 spiro atoms. The minimum absolute atomic E-state index is 0.179. The molecule has 1 aromatic heterocycles. The van der Waals surface area contributed by atoms with E-state index in [2.05, 4.69) is 31.1 Å². The maximum Gasteiger partial charge on any atom is 0.341 e. The van der Waals surface area contributed by atoms with Gasteiger partial charge in [0, 0.05) is 42.5 Å². The fraction of sp³-hybridized carbons (Fsp3) is 0.333. The Morgan fingerprint density at radius 3 is 2.31 bits per heavy atom. The Hall–Kier alpha value is -2.11. The molecule has 2 aromatic rings. The average molecular weight is 489 g/mol. The highest BCUT2D eigenvalue weighted by Crippen LogP contribution is 2.20. The third kappa shape index (κ3) is 5.49. The smallest absolute Gasteiger partial charge is 0.341 e. The largest absolute Gasteiger partial charge is 0.354 e. The number of amides is 1. The number of nitrogens with one attached hydrogen (secondary N) is 1. The molecule has 3 rings (SSSR count). The van der Waals surface area contributed by atoms with Crippen molar-refractivity contribution in [2.75, 3.05) is 42.9 Å². The van der Waals surface area contributed by atoms with E-state index in [0.29, 0.717) is 18.8 Å².